The van der Waals surface area contributed by atoms with Crippen LogP contribution in [0.4, 0.5) is 0 Å². The Hall–Kier alpha value is -1.20. The van der Waals surface area contributed by atoms with E-state index in [1.165, 1.54) is 11.1 Å². The van der Waals surface area contributed by atoms with E-state index in [0.29, 0.717) is 24.3 Å². The number of hydrogen-bond donors (Lipinski definition) is 1. The Morgan fingerprint density at radius 3 is 3.17 bits per heavy atom. The lowest BCUT2D eigenvalue weighted by Gasteiger charge is -2.12. The summed E-state index contributed by atoms with van der Waals surface area (Å²) in [7, 11) is 0. The van der Waals surface area contributed by atoms with Gasteiger partial charge in [0.05, 0.1) is 6.54 Å². The molecule has 0 saturated heterocycles. The third kappa shape index (κ3) is 2.33. The van der Waals surface area contributed by atoms with Gasteiger partial charge in [-0.2, -0.15) is 4.98 Å². The summed E-state index contributed by atoms with van der Waals surface area (Å²) < 4.78 is 6.25. The number of aromatic nitrogens is 2. The van der Waals surface area contributed by atoms with E-state index in [1.807, 2.05) is 6.92 Å². The number of aryl methyl sites for hydroxylation is 2. The fourth-order valence-corrected chi connectivity index (χ4v) is 2.83. The molecule has 1 heterocycles. The first-order valence-corrected chi connectivity index (χ1v) is 6.82. The predicted octanol–water partition coefficient (Wildman–Crippen LogP) is 2.92. The fourth-order valence-electron chi connectivity index (χ4n) is 2.42. The van der Waals surface area contributed by atoms with Crippen molar-refractivity contribution in [3.63, 3.8) is 0 Å². The first-order valence-electron chi connectivity index (χ1n) is 6.03. The van der Waals surface area contributed by atoms with Gasteiger partial charge in [0.15, 0.2) is 5.82 Å². The lowest BCUT2D eigenvalue weighted by Crippen LogP contribution is -2.18. The Labute approximate surface area is 114 Å². The highest BCUT2D eigenvalue weighted by Gasteiger charge is 2.22. The van der Waals surface area contributed by atoms with E-state index in [9.17, 15) is 0 Å². The number of halogens is 1. The van der Waals surface area contributed by atoms with E-state index >= 15 is 0 Å². The number of rotatable bonds is 3. The zero-order valence-corrected chi connectivity index (χ0v) is 11.7. The van der Waals surface area contributed by atoms with Crippen LogP contribution in [0.2, 0.25) is 0 Å². The molecular weight excluding hydrogens is 294 g/mol. The quantitative estimate of drug-likeness (QED) is 0.947. The van der Waals surface area contributed by atoms with Gasteiger partial charge in [-0.15, -0.1) is 0 Å². The smallest absolute Gasteiger partial charge is 0.240 e. The monoisotopic (exact) mass is 307 g/mol. The average Bonchev–Trinajstić information content (AvgIpc) is 2.92. The van der Waals surface area contributed by atoms with Gasteiger partial charge in [0.25, 0.3) is 0 Å². The fraction of sp³-hybridized carbons (Fsp3) is 0.385. The van der Waals surface area contributed by atoms with Crippen molar-refractivity contribution in [3.05, 3.63) is 45.5 Å². The Morgan fingerprint density at radius 1 is 1.50 bits per heavy atom. The minimum Gasteiger partial charge on any atom is -0.338 e. The molecule has 18 heavy (non-hydrogen) atoms. The predicted molar refractivity (Wildman–Crippen MR) is 71.1 cm³/mol. The van der Waals surface area contributed by atoms with Crippen LogP contribution in [-0.2, 0) is 13.0 Å². The van der Waals surface area contributed by atoms with E-state index < -0.39 is 0 Å². The van der Waals surface area contributed by atoms with Gasteiger partial charge >= 0.3 is 0 Å². The second kappa shape index (κ2) is 4.82. The van der Waals surface area contributed by atoms with E-state index in [2.05, 4.69) is 49.6 Å². The van der Waals surface area contributed by atoms with Crippen molar-refractivity contribution in [2.75, 3.05) is 0 Å². The molecule has 3 rings (SSSR count). The van der Waals surface area contributed by atoms with Crippen LogP contribution in [0.25, 0.3) is 0 Å². The van der Waals surface area contributed by atoms with Crippen molar-refractivity contribution in [1.29, 1.82) is 0 Å². The number of benzene rings is 1. The molecule has 0 saturated carbocycles. The minimum atomic E-state index is 0.389. The number of nitrogens with zero attached hydrogens (tertiary/aromatic N) is 2. The molecule has 0 radical (unpaired) electrons. The van der Waals surface area contributed by atoms with Crippen LogP contribution in [0.15, 0.2) is 27.2 Å². The normalized spacial score (nSPS) is 18.0. The van der Waals surface area contributed by atoms with Crippen LogP contribution in [0, 0.1) is 6.92 Å². The summed E-state index contributed by atoms with van der Waals surface area (Å²) in [6.45, 7) is 2.45. The Morgan fingerprint density at radius 2 is 2.39 bits per heavy atom. The lowest BCUT2D eigenvalue weighted by atomic mass is 10.1. The molecule has 1 N–H and O–H groups in total. The summed E-state index contributed by atoms with van der Waals surface area (Å²) in [6, 6.07) is 6.87. The van der Waals surface area contributed by atoms with Gasteiger partial charge in [-0.1, -0.05) is 27.2 Å². The van der Waals surface area contributed by atoms with Crippen LogP contribution in [-0.4, -0.2) is 10.1 Å². The Bertz CT molecular complexity index is 567. The molecule has 0 bridgehead atoms. The summed E-state index contributed by atoms with van der Waals surface area (Å²) in [4.78, 5) is 4.19. The highest BCUT2D eigenvalue weighted by molar-refractivity contribution is 9.10. The van der Waals surface area contributed by atoms with Crippen molar-refractivity contribution < 1.29 is 4.52 Å². The number of hydrogen-bond acceptors (Lipinski definition) is 4. The molecule has 94 valence electrons. The summed E-state index contributed by atoms with van der Waals surface area (Å²) in [5.41, 5.74) is 2.80. The van der Waals surface area contributed by atoms with Crippen molar-refractivity contribution in [1.82, 2.24) is 15.5 Å². The largest absolute Gasteiger partial charge is 0.338 e. The molecular formula is C13H14BrN3O. The second-order valence-electron chi connectivity index (χ2n) is 4.55. The van der Waals surface area contributed by atoms with Crippen molar-refractivity contribution in [2.24, 2.45) is 0 Å². The molecule has 1 aromatic carbocycles. The highest BCUT2D eigenvalue weighted by atomic mass is 79.9. The second-order valence-corrected chi connectivity index (χ2v) is 5.47. The van der Waals surface area contributed by atoms with Crippen LogP contribution in [0.1, 0.15) is 35.3 Å². The summed E-state index contributed by atoms with van der Waals surface area (Å²) in [5, 5.41) is 7.26. The number of nitrogens with one attached hydrogen (secondary N) is 1. The third-order valence-corrected chi connectivity index (χ3v) is 3.75. The lowest BCUT2D eigenvalue weighted by molar-refractivity contribution is 0.354. The minimum absolute atomic E-state index is 0.389. The van der Waals surface area contributed by atoms with E-state index in [1.54, 1.807) is 0 Å². The van der Waals surface area contributed by atoms with Gasteiger partial charge < -0.3 is 9.84 Å². The highest BCUT2D eigenvalue weighted by Crippen LogP contribution is 2.32. The topological polar surface area (TPSA) is 51.0 Å². The molecule has 1 aliphatic rings. The first-order chi connectivity index (χ1) is 8.72. The van der Waals surface area contributed by atoms with Crippen LogP contribution >= 0.6 is 15.9 Å². The molecule has 0 spiro atoms. The zero-order chi connectivity index (χ0) is 12.5. The van der Waals surface area contributed by atoms with E-state index in [4.69, 9.17) is 4.52 Å². The van der Waals surface area contributed by atoms with E-state index in [0.717, 1.165) is 17.3 Å². The molecule has 1 aliphatic carbocycles. The average molecular weight is 308 g/mol. The maximum absolute atomic E-state index is 5.10. The maximum Gasteiger partial charge on any atom is 0.240 e. The molecule has 0 amide bonds. The molecule has 1 aromatic heterocycles. The van der Waals surface area contributed by atoms with Gasteiger partial charge in [-0.25, -0.2) is 0 Å². The van der Waals surface area contributed by atoms with Crippen LogP contribution in [0.5, 0.6) is 0 Å². The van der Waals surface area contributed by atoms with Gasteiger partial charge in [0.2, 0.25) is 5.89 Å². The van der Waals surface area contributed by atoms with Crippen molar-refractivity contribution in [2.45, 2.75) is 32.4 Å². The molecule has 4 nitrogen and oxygen atoms in total. The van der Waals surface area contributed by atoms with Crippen LogP contribution < -0.4 is 5.32 Å². The van der Waals surface area contributed by atoms with Gasteiger partial charge in [0, 0.05) is 10.5 Å². The van der Waals surface area contributed by atoms with Gasteiger partial charge in [-0.05, 0) is 43.0 Å². The third-order valence-electron chi connectivity index (χ3n) is 3.25. The maximum atomic E-state index is 5.10. The molecule has 2 aromatic rings. The standard InChI is InChI=1S/C13H14BrN3O/c1-8-16-13(18-17-8)7-15-12-5-2-9-6-10(14)3-4-11(9)12/h3-4,6,12,15H,2,5,7H2,1H3. The summed E-state index contributed by atoms with van der Waals surface area (Å²) in [6.07, 6.45) is 2.24. The van der Waals surface area contributed by atoms with Crippen molar-refractivity contribution >= 4 is 15.9 Å². The SMILES string of the molecule is Cc1noc(CNC2CCc3cc(Br)ccc32)n1. The van der Waals surface area contributed by atoms with Crippen molar-refractivity contribution in [3.8, 4) is 0 Å². The van der Waals surface area contributed by atoms with Crippen LogP contribution in [0.3, 0.4) is 0 Å². The zero-order valence-electron chi connectivity index (χ0n) is 10.1. The van der Waals surface area contributed by atoms with Gasteiger partial charge in [0.1, 0.15) is 0 Å². The summed E-state index contributed by atoms with van der Waals surface area (Å²) in [5.74, 6) is 1.33. The Kier molecular flexibility index (Phi) is 3.18. The molecule has 1 unspecified atom stereocenters. The first kappa shape index (κ1) is 11.9. The van der Waals surface area contributed by atoms with Gasteiger partial charge in [-0.3, -0.25) is 0 Å². The molecule has 1 atom stereocenters. The molecule has 5 heteroatoms. The number of fused-ring (bicyclic) bond motifs is 1. The molecule has 0 fully saturated rings. The summed E-state index contributed by atoms with van der Waals surface area (Å²) >= 11 is 3.51. The Balaban J connectivity index is 1.69. The molecule has 0 aliphatic heterocycles. The van der Waals surface area contributed by atoms with E-state index in [-0.39, 0.29) is 0 Å².